The SMILES string of the molecule is CC1=CC2OOC1C(=O)N2CC(=O)OC(C)(C)C. The van der Waals surface area contributed by atoms with Crippen molar-refractivity contribution in [2.45, 2.75) is 45.6 Å². The van der Waals surface area contributed by atoms with Gasteiger partial charge in [-0.15, -0.1) is 0 Å². The summed E-state index contributed by atoms with van der Waals surface area (Å²) in [6, 6.07) is 0. The predicted molar refractivity (Wildman–Crippen MR) is 61.1 cm³/mol. The van der Waals surface area contributed by atoms with E-state index in [9.17, 15) is 9.59 Å². The zero-order valence-corrected chi connectivity index (χ0v) is 10.9. The molecule has 0 aliphatic carbocycles. The Labute approximate surface area is 105 Å². The predicted octanol–water partition coefficient (Wildman–Crippen LogP) is 0.773. The molecule has 3 rings (SSSR count). The van der Waals surface area contributed by atoms with Gasteiger partial charge in [0, 0.05) is 0 Å². The van der Waals surface area contributed by atoms with Crippen molar-refractivity contribution in [2.24, 2.45) is 0 Å². The molecule has 100 valence electrons. The lowest BCUT2D eigenvalue weighted by atomic mass is 10.0. The highest BCUT2D eigenvalue weighted by atomic mass is 17.2. The zero-order chi connectivity index (χ0) is 13.5. The molecule has 0 aromatic carbocycles. The Kier molecular flexibility index (Phi) is 3.16. The molecule has 1 amide bonds. The lowest BCUT2D eigenvalue weighted by Crippen LogP contribution is -2.57. The number of fused-ring (bicyclic) bond motifs is 2. The van der Waals surface area contributed by atoms with E-state index in [2.05, 4.69) is 0 Å². The maximum atomic E-state index is 12.0. The molecule has 3 aliphatic rings. The number of rotatable bonds is 2. The van der Waals surface area contributed by atoms with Crippen LogP contribution in [0.3, 0.4) is 0 Å². The number of nitrogens with zero attached hydrogens (tertiary/aromatic N) is 1. The third-order valence-corrected chi connectivity index (χ3v) is 2.60. The number of hydrogen-bond acceptors (Lipinski definition) is 5. The summed E-state index contributed by atoms with van der Waals surface area (Å²) in [7, 11) is 0. The molecule has 18 heavy (non-hydrogen) atoms. The van der Waals surface area contributed by atoms with Crippen molar-refractivity contribution < 1.29 is 24.1 Å². The van der Waals surface area contributed by atoms with E-state index in [-0.39, 0.29) is 12.5 Å². The van der Waals surface area contributed by atoms with Crippen LogP contribution in [-0.4, -0.2) is 41.3 Å². The Morgan fingerprint density at radius 3 is 2.61 bits per heavy atom. The van der Waals surface area contributed by atoms with E-state index >= 15 is 0 Å². The first-order chi connectivity index (χ1) is 8.28. The molecule has 2 atom stereocenters. The van der Waals surface area contributed by atoms with Crippen molar-refractivity contribution in [3.8, 4) is 0 Å². The number of carbonyl (C=O) groups excluding carboxylic acids is 2. The Hall–Kier alpha value is -1.40. The van der Waals surface area contributed by atoms with Gasteiger partial charge in [0.2, 0.25) is 0 Å². The molecule has 2 bridgehead atoms. The molecule has 2 unspecified atom stereocenters. The van der Waals surface area contributed by atoms with Crippen molar-refractivity contribution in [3.63, 3.8) is 0 Å². The first-order valence-corrected chi connectivity index (χ1v) is 5.81. The molecule has 6 nitrogen and oxygen atoms in total. The van der Waals surface area contributed by atoms with Gasteiger partial charge in [-0.25, -0.2) is 9.78 Å². The van der Waals surface area contributed by atoms with Crippen LogP contribution in [0.4, 0.5) is 0 Å². The molecule has 6 heteroatoms. The van der Waals surface area contributed by atoms with Gasteiger partial charge in [0.1, 0.15) is 12.1 Å². The molecule has 0 saturated carbocycles. The van der Waals surface area contributed by atoms with E-state index in [1.807, 2.05) is 0 Å². The molecule has 3 aliphatic heterocycles. The topological polar surface area (TPSA) is 65.1 Å². The normalized spacial score (nSPS) is 27.2. The van der Waals surface area contributed by atoms with Crippen LogP contribution in [0, 0.1) is 0 Å². The molecular weight excluding hydrogens is 238 g/mol. The molecular formula is C12H17NO5. The fourth-order valence-corrected chi connectivity index (χ4v) is 1.86. The maximum Gasteiger partial charge on any atom is 0.326 e. The second-order valence-electron chi connectivity index (χ2n) is 5.43. The van der Waals surface area contributed by atoms with Gasteiger partial charge < -0.3 is 4.74 Å². The average molecular weight is 255 g/mol. The lowest BCUT2D eigenvalue weighted by molar-refractivity contribution is -0.377. The summed E-state index contributed by atoms with van der Waals surface area (Å²) in [5.74, 6) is -0.727. The minimum absolute atomic E-state index is 0.135. The van der Waals surface area contributed by atoms with Crippen LogP contribution in [-0.2, 0) is 24.1 Å². The third kappa shape index (κ3) is 2.54. The standard InChI is InChI=1S/C12H17NO5/c1-7-5-8-13(11(15)10(7)18-17-8)6-9(14)16-12(2,3)4/h5,8,10H,6H2,1-4H3. The van der Waals surface area contributed by atoms with Crippen LogP contribution in [0.15, 0.2) is 11.6 Å². The van der Waals surface area contributed by atoms with Crippen molar-refractivity contribution in [1.29, 1.82) is 0 Å². The number of carbonyl (C=O) groups is 2. The summed E-state index contributed by atoms with van der Waals surface area (Å²) in [5.41, 5.74) is 0.231. The monoisotopic (exact) mass is 255 g/mol. The first-order valence-electron chi connectivity index (χ1n) is 5.81. The quantitative estimate of drug-likeness (QED) is 0.414. The summed E-state index contributed by atoms with van der Waals surface area (Å²) in [4.78, 5) is 34.9. The first kappa shape index (κ1) is 13.0. The second-order valence-corrected chi connectivity index (χ2v) is 5.43. The second kappa shape index (κ2) is 4.37. The Morgan fingerprint density at radius 1 is 1.44 bits per heavy atom. The molecule has 0 aromatic rings. The minimum Gasteiger partial charge on any atom is -0.459 e. The minimum atomic E-state index is -0.738. The van der Waals surface area contributed by atoms with Crippen molar-refractivity contribution >= 4 is 11.9 Å². The van der Waals surface area contributed by atoms with Crippen molar-refractivity contribution in [3.05, 3.63) is 11.6 Å². The van der Waals surface area contributed by atoms with Gasteiger partial charge in [0.25, 0.3) is 5.91 Å². The Bertz CT molecular complexity index is 409. The fourth-order valence-electron chi connectivity index (χ4n) is 1.86. The molecule has 1 fully saturated rings. The van der Waals surface area contributed by atoms with Crippen molar-refractivity contribution in [2.75, 3.05) is 6.54 Å². The van der Waals surface area contributed by atoms with Crippen LogP contribution in [0.5, 0.6) is 0 Å². The van der Waals surface area contributed by atoms with E-state index in [4.69, 9.17) is 14.5 Å². The lowest BCUT2D eigenvalue weighted by Gasteiger charge is -2.40. The van der Waals surface area contributed by atoms with Crippen LogP contribution >= 0.6 is 0 Å². The molecule has 1 saturated heterocycles. The zero-order valence-electron chi connectivity index (χ0n) is 10.9. The fraction of sp³-hybridized carbons (Fsp3) is 0.667. The largest absolute Gasteiger partial charge is 0.459 e. The summed E-state index contributed by atoms with van der Waals surface area (Å²) < 4.78 is 5.17. The Morgan fingerprint density at radius 2 is 2.11 bits per heavy atom. The summed E-state index contributed by atoms with van der Waals surface area (Å²) >= 11 is 0. The smallest absolute Gasteiger partial charge is 0.326 e. The number of amides is 1. The maximum absolute atomic E-state index is 12.0. The molecule has 0 aromatic heterocycles. The summed E-state index contributed by atoms with van der Waals surface area (Å²) in [6.07, 6.45) is 0.382. The number of hydrogen-bond donors (Lipinski definition) is 0. The summed E-state index contributed by atoms with van der Waals surface area (Å²) in [5, 5.41) is 0. The van der Waals surface area contributed by atoms with Gasteiger partial charge in [-0.2, -0.15) is 0 Å². The highest BCUT2D eigenvalue weighted by molar-refractivity contribution is 5.89. The van der Waals surface area contributed by atoms with E-state index in [1.165, 1.54) is 4.90 Å². The van der Waals surface area contributed by atoms with E-state index in [1.54, 1.807) is 33.8 Å². The molecule has 3 heterocycles. The van der Waals surface area contributed by atoms with E-state index in [0.717, 1.165) is 5.57 Å². The Balaban J connectivity index is 2.03. The van der Waals surface area contributed by atoms with Gasteiger partial charge in [0.15, 0.2) is 12.3 Å². The molecule has 0 radical (unpaired) electrons. The highest BCUT2D eigenvalue weighted by Crippen LogP contribution is 2.27. The van der Waals surface area contributed by atoms with Crippen LogP contribution in [0.1, 0.15) is 27.7 Å². The number of ether oxygens (including phenoxy) is 1. The summed E-state index contributed by atoms with van der Waals surface area (Å²) in [6.45, 7) is 6.99. The third-order valence-electron chi connectivity index (χ3n) is 2.60. The van der Waals surface area contributed by atoms with Gasteiger partial charge >= 0.3 is 5.97 Å². The molecule has 0 N–H and O–H groups in total. The average Bonchev–Trinajstić information content (AvgIpc) is 2.20. The van der Waals surface area contributed by atoms with Crippen LogP contribution < -0.4 is 0 Å². The van der Waals surface area contributed by atoms with Gasteiger partial charge in [-0.05, 0) is 39.3 Å². The van der Waals surface area contributed by atoms with Gasteiger partial charge in [-0.1, -0.05) is 0 Å². The molecule has 0 spiro atoms. The van der Waals surface area contributed by atoms with Gasteiger partial charge in [0.05, 0.1) is 0 Å². The van der Waals surface area contributed by atoms with Crippen LogP contribution in [0.25, 0.3) is 0 Å². The van der Waals surface area contributed by atoms with Crippen molar-refractivity contribution in [1.82, 2.24) is 4.90 Å². The number of esters is 1. The van der Waals surface area contributed by atoms with Crippen LogP contribution in [0.2, 0.25) is 0 Å². The van der Waals surface area contributed by atoms with E-state index < -0.39 is 23.9 Å². The van der Waals surface area contributed by atoms with E-state index in [0.29, 0.717) is 0 Å². The van der Waals surface area contributed by atoms with Gasteiger partial charge in [-0.3, -0.25) is 14.5 Å². The highest BCUT2D eigenvalue weighted by Gasteiger charge is 2.43.